The largest absolute Gasteiger partial charge is 0.399 e. The standard InChI is InChI=1S/C16H14F2N2O/c1-2-11(12-6-4-10(19)8-14(12)18)16-13-5-3-9(17)7-15(13)21-20-16/h3-8,11H,2,19H2,1H3. The van der Waals surface area contributed by atoms with E-state index in [9.17, 15) is 8.78 Å². The molecule has 0 radical (unpaired) electrons. The zero-order valence-electron chi connectivity index (χ0n) is 11.4. The van der Waals surface area contributed by atoms with E-state index in [0.717, 1.165) is 0 Å². The number of hydrogen-bond donors (Lipinski definition) is 1. The first-order valence-corrected chi connectivity index (χ1v) is 6.70. The van der Waals surface area contributed by atoms with Gasteiger partial charge in [-0.1, -0.05) is 18.1 Å². The van der Waals surface area contributed by atoms with E-state index >= 15 is 0 Å². The lowest BCUT2D eigenvalue weighted by Gasteiger charge is -2.14. The molecule has 1 unspecified atom stereocenters. The smallest absolute Gasteiger partial charge is 0.170 e. The van der Waals surface area contributed by atoms with Crippen LogP contribution < -0.4 is 5.73 Å². The molecule has 108 valence electrons. The second-order valence-corrected chi connectivity index (χ2v) is 4.95. The van der Waals surface area contributed by atoms with Crippen molar-refractivity contribution in [3.05, 3.63) is 59.3 Å². The van der Waals surface area contributed by atoms with Gasteiger partial charge in [-0.05, 0) is 36.2 Å². The minimum Gasteiger partial charge on any atom is -0.399 e. The van der Waals surface area contributed by atoms with Crippen molar-refractivity contribution in [1.82, 2.24) is 5.16 Å². The van der Waals surface area contributed by atoms with Crippen LogP contribution in [0, 0.1) is 11.6 Å². The van der Waals surface area contributed by atoms with Gasteiger partial charge in [0, 0.05) is 23.1 Å². The highest BCUT2D eigenvalue weighted by molar-refractivity contribution is 5.80. The van der Waals surface area contributed by atoms with Crippen LogP contribution in [-0.4, -0.2) is 5.16 Å². The molecule has 3 rings (SSSR count). The van der Waals surface area contributed by atoms with Gasteiger partial charge in [-0.3, -0.25) is 0 Å². The summed E-state index contributed by atoms with van der Waals surface area (Å²) in [5.41, 5.74) is 7.43. The molecule has 2 N–H and O–H groups in total. The minimum absolute atomic E-state index is 0.266. The normalized spacial score (nSPS) is 12.7. The van der Waals surface area contributed by atoms with Crippen LogP contribution >= 0.6 is 0 Å². The van der Waals surface area contributed by atoms with E-state index in [4.69, 9.17) is 10.3 Å². The molecule has 1 atom stereocenters. The lowest BCUT2D eigenvalue weighted by atomic mass is 9.91. The van der Waals surface area contributed by atoms with E-state index in [0.29, 0.717) is 34.3 Å². The first-order valence-electron chi connectivity index (χ1n) is 6.70. The summed E-state index contributed by atoms with van der Waals surface area (Å²) in [4.78, 5) is 0. The monoisotopic (exact) mass is 288 g/mol. The van der Waals surface area contributed by atoms with Crippen LogP contribution in [0.25, 0.3) is 11.0 Å². The molecule has 3 nitrogen and oxygen atoms in total. The van der Waals surface area contributed by atoms with Crippen molar-refractivity contribution >= 4 is 16.7 Å². The van der Waals surface area contributed by atoms with Crippen molar-refractivity contribution in [1.29, 1.82) is 0 Å². The summed E-state index contributed by atoms with van der Waals surface area (Å²) in [6.07, 6.45) is 0.639. The average Bonchev–Trinajstić information content (AvgIpc) is 2.85. The first-order chi connectivity index (χ1) is 10.1. The topological polar surface area (TPSA) is 52.0 Å². The van der Waals surface area contributed by atoms with Crippen LogP contribution in [0.5, 0.6) is 0 Å². The van der Waals surface area contributed by atoms with Crippen molar-refractivity contribution < 1.29 is 13.3 Å². The molecule has 2 aromatic carbocycles. The molecule has 3 aromatic rings. The zero-order valence-corrected chi connectivity index (χ0v) is 11.4. The van der Waals surface area contributed by atoms with Gasteiger partial charge in [-0.15, -0.1) is 0 Å². The third-order valence-corrected chi connectivity index (χ3v) is 3.60. The Kier molecular flexibility index (Phi) is 3.33. The Labute approximate surface area is 120 Å². The molecule has 1 aromatic heterocycles. The molecule has 0 aliphatic carbocycles. The Bertz CT molecular complexity index is 798. The number of rotatable bonds is 3. The highest BCUT2D eigenvalue weighted by Gasteiger charge is 2.22. The van der Waals surface area contributed by atoms with E-state index in [1.165, 1.54) is 18.2 Å². The molecule has 0 spiro atoms. The quantitative estimate of drug-likeness (QED) is 0.734. The van der Waals surface area contributed by atoms with Crippen LogP contribution in [0.1, 0.15) is 30.5 Å². The molecule has 1 heterocycles. The van der Waals surface area contributed by atoms with Crippen molar-refractivity contribution in [3.63, 3.8) is 0 Å². The lowest BCUT2D eigenvalue weighted by Crippen LogP contribution is -2.04. The molecule has 0 saturated carbocycles. The maximum absolute atomic E-state index is 14.1. The van der Waals surface area contributed by atoms with Gasteiger partial charge in [0.25, 0.3) is 0 Å². The van der Waals surface area contributed by atoms with Gasteiger partial charge in [0.1, 0.15) is 11.6 Å². The van der Waals surface area contributed by atoms with E-state index in [1.54, 1.807) is 18.2 Å². The molecule has 5 heteroatoms. The molecule has 0 aliphatic rings. The number of aromatic nitrogens is 1. The molecule has 0 saturated heterocycles. The van der Waals surface area contributed by atoms with Crippen molar-refractivity contribution in [2.75, 3.05) is 5.73 Å². The Morgan fingerprint density at radius 3 is 2.71 bits per heavy atom. The first kappa shape index (κ1) is 13.5. The van der Waals surface area contributed by atoms with Gasteiger partial charge in [-0.25, -0.2) is 8.78 Å². The predicted molar refractivity (Wildman–Crippen MR) is 76.9 cm³/mol. The fraction of sp³-hybridized carbons (Fsp3) is 0.188. The van der Waals surface area contributed by atoms with Gasteiger partial charge < -0.3 is 10.3 Å². The van der Waals surface area contributed by atoms with Crippen molar-refractivity contribution in [3.8, 4) is 0 Å². The van der Waals surface area contributed by atoms with E-state index in [1.807, 2.05) is 6.92 Å². The molecule has 0 bridgehead atoms. The molecular weight excluding hydrogens is 274 g/mol. The van der Waals surface area contributed by atoms with E-state index in [2.05, 4.69) is 5.16 Å². The average molecular weight is 288 g/mol. The summed E-state index contributed by atoms with van der Waals surface area (Å²) in [5.74, 6) is -1.03. The van der Waals surface area contributed by atoms with Gasteiger partial charge in [0.05, 0.1) is 5.69 Å². The summed E-state index contributed by atoms with van der Waals surface area (Å²) in [6, 6.07) is 8.83. The van der Waals surface area contributed by atoms with Crippen LogP contribution in [0.2, 0.25) is 0 Å². The summed E-state index contributed by atoms with van der Waals surface area (Å²) in [5, 5.41) is 4.70. The molecule has 0 aliphatic heterocycles. The maximum atomic E-state index is 14.1. The van der Waals surface area contributed by atoms with Crippen LogP contribution in [0.3, 0.4) is 0 Å². The Hall–Kier alpha value is -2.43. The minimum atomic E-state index is -0.392. The zero-order chi connectivity index (χ0) is 15.0. The Balaban J connectivity index is 2.14. The predicted octanol–water partition coefficient (Wildman–Crippen LogP) is 4.23. The summed E-state index contributed by atoms with van der Waals surface area (Å²) >= 11 is 0. The second-order valence-electron chi connectivity index (χ2n) is 4.95. The molecule has 0 fully saturated rings. The number of nitrogens with zero attached hydrogens (tertiary/aromatic N) is 1. The number of benzene rings is 2. The van der Waals surface area contributed by atoms with Gasteiger partial charge in [0.15, 0.2) is 5.58 Å². The summed E-state index contributed by atoms with van der Waals surface area (Å²) < 4.78 is 32.5. The third kappa shape index (κ3) is 2.35. The Morgan fingerprint density at radius 1 is 1.19 bits per heavy atom. The summed E-state index contributed by atoms with van der Waals surface area (Å²) in [7, 11) is 0. The van der Waals surface area contributed by atoms with Crippen LogP contribution in [0.15, 0.2) is 40.9 Å². The molecule has 0 amide bonds. The number of anilines is 1. The molecule has 21 heavy (non-hydrogen) atoms. The van der Waals surface area contributed by atoms with Crippen molar-refractivity contribution in [2.45, 2.75) is 19.3 Å². The van der Waals surface area contributed by atoms with E-state index in [-0.39, 0.29) is 11.7 Å². The fourth-order valence-electron chi connectivity index (χ4n) is 2.57. The molecular formula is C16H14F2N2O. The number of hydrogen-bond acceptors (Lipinski definition) is 3. The maximum Gasteiger partial charge on any atom is 0.170 e. The third-order valence-electron chi connectivity index (χ3n) is 3.60. The fourth-order valence-corrected chi connectivity index (χ4v) is 2.57. The highest BCUT2D eigenvalue weighted by atomic mass is 19.1. The second kappa shape index (κ2) is 5.16. The number of nitrogens with two attached hydrogens (primary N) is 1. The van der Waals surface area contributed by atoms with Gasteiger partial charge in [-0.2, -0.15) is 0 Å². The number of nitrogen functional groups attached to an aromatic ring is 1. The summed E-state index contributed by atoms with van der Waals surface area (Å²) in [6.45, 7) is 1.94. The van der Waals surface area contributed by atoms with Crippen molar-refractivity contribution in [2.24, 2.45) is 0 Å². The highest BCUT2D eigenvalue weighted by Crippen LogP contribution is 2.34. The lowest BCUT2D eigenvalue weighted by molar-refractivity contribution is 0.437. The Morgan fingerprint density at radius 2 is 2.00 bits per heavy atom. The van der Waals surface area contributed by atoms with Crippen LogP contribution in [0.4, 0.5) is 14.5 Å². The SMILES string of the molecule is CCC(c1ccc(N)cc1F)c1noc2cc(F)ccc12. The van der Waals surface area contributed by atoms with Crippen LogP contribution in [-0.2, 0) is 0 Å². The number of halogens is 2. The number of fused-ring (bicyclic) bond motifs is 1. The van der Waals surface area contributed by atoms with Gasteiger partial charge >= 0.3 is 0 Å². The van der Waals surface area contributed by atoms with E-state index < -0.39 is 5.82 Å². The van der Waals surface area contributed by atoms with Gasteiger partial charge in [0.2, 0.25) is 0 Å².